The standard InChI is InChI=1S/C14H27N5.HI/c1-6-11(2)17-14(15-5)16-8-7-9-19-13(4)10-12(3)18-19;/h10-11H,6-9H2,1-5H3,(H2,15,16,17);1H. The fourth-order valence-electron chi connectivity index (χ4n) is 1.87. The molecule has 6 heteroatoms. The molecular formula is C14H28IN5. The number of aryl methyl sites for hydroxylation is 3. The average Bonchev–Trinajstić information content (AvgIpc) is 2.71. The Hall–Kier alpha value is -0.790. The molecule has 0 radical (unpaired) electrons. The first-order valence-corrected chi connectivity index (χ1v) is 7.05. The van der Waals surface area contributed by atoms with E-state index in [-0.39, 0.29) is 24.0 Å². The Bertz CT molecular complexity index is 414. The van der Waals surface area contributed by atoms with Crippen LogP contribution < -0.4 is 10.6 Å². The number of nitrogens with one attached hydrogen (secondary N) is 2. The van der Waals surface area contributed by atoms with Gasteiger partial charge in [0.2, 0.25) is 0 Å². The predicted octanol–water partition coefficient (Wildman–Crippen LogP) is 2.47. The lowest BCUT2D eigenvalue weighted by molar-refractivity contribution is 0.551. The summed E-state index contributed by atoms with van der Waals surface area (Å²) in [5, 5.41) is 11.1. The molecule has 0 saturated heterocycles. The summed E-state index contributed by atoms with van der Waals surface area (Å²) in [6.07, 6.45) is 2.12. The third kappa shape index (κ3) is 6.58. The number of aromatic nitrogens is 2. The molecule has 0 bridgehead atoms. The van der Waals surface area contributed by atoms with E-state index >= 15 is 0 Å². The van der Waals surface area contributed by atoms with E-state index in [4.69, 9.17) is 0 Å². The van der Waals surface area contributed by atoms with Crippen molar-refractivity contribution in [3.8, 4) is 0 Å². The molecule has 1 heterocycles. The zero-order valence-electron chi connectivity index (χ0n) is 13.2. The Morgan fingerprint density at radius 2 is 2.15 bits per heavy atom. The fourth-order valence-corrected chi connectivity index (χ4v) is 1.87. The smallest absolute Gasteiger partial charge is 0.191 e. The van der Waals surface area contributed by atoms with E-state index in [9.17, 15) is 0 Å². The summed E-state index contributed by atoms with van der Waals surface area (Å²) >= 11 is 0. The molecule has 0 aliphatic carbocycles. The van der Waals surface area contributed by atoms with E-state index in [0.29, 0.717) is 6.04 Å². The van der Waals surface area contributed by atoms with E-state index in [2.05, 4.69) is 52.2 Å². The van der Waals surface area contributed by atoms with Gasteiger partial charge in [0.15, 0.2) is 5.96 Å². The van der Waals surface area contributed by atoms with Crippen molar-refractivity contribution in [2.24, 2.45) is 4.99 Å². The van der Waals surface area contributed by atoms with Gasteiger partial charge in [-0.05, 0) is 39.7 Å². The monoisotopic (exact) mass is 393 g/mol. The molecule has 1 aromatic rings. The highest BCUT2D eigenvalue weighted by molar-refractivity contribution is 14.0. The zero-order chi connectivity index (χ0) is 14.3. The number of hydrogen-bond donors (Lipinski definition) is 2. The maximum Gasteiger partial charge on any atom is 0.191 e. The van der Waals surface area contributed by atoms with Crippen molar-refractivity contribution in [1.29, 1.82) is 0 Å². The van der Waals surface area contributed by atoms with Crippen LogP contribution >= 0.6 is 24.0 Å². The molecule has 0 aromatic carbocycles. The average molecular weight is 393 g/mol. The first-order chi connectivity index (χ1) is 9.06. The maximum absolute atomic E-state index is 4.45. The third-order valence-corrected chi connectivity index (χ3v) is 3.16. The summed E-state index contributed by atoms with van der Waals surface area (Å²) in [5.41, 5.74) is 2.30. The van der Waals surface area contributed by atoms with Crippen molar-refractivity contribution >= 4 is 29.9 Å². The first kappa shape index (κ1) is 19.2. The Balaban J connectivity index is 0.00000361. The second-order valence-electron chi connectivity index (χ2n) is 4.96. The highest BCUT2D eigenvalue weighted by atomic mass is 127. The van der Waals surface area contributed by atoms with E-state index < -0.39 is 0 Å². The van der Waals surface area contributed by atoms with E-state index in [1.165, 1.54) is 5.69 Å². The summed E-state index contributed by atoms with van der Waals surface area (Å²) in [4.78, 5) is 4.21. The normalized spacial score (nSPS) is 12.8. The molecule has 2 N–H and O–H groups in total. The number of halogens is 1. The molecule has 5 nitrogen and oxygen atoms in total. The molecule has 0 fully saturated rings. The maximum atomic E-state index is 4.45. The lowest BCUT2D eigenvalue weighted by Crippen LogP contribution is -2.42. The van der Waals surface area contributed by atoms with Gasteiger partial charge in [-0.15, -0.1) is 24.0 Å². The molecule has 0 aliphatic rings. The number of rotatable bonds is 6. The summed E-state index contributed by atoms with van der Waals surface area (Å²) in [5.74, 6) is 0.878. The summed E-state index contributed by atoms with van der Waals surface area (Å²) in [6, 6.07) is 2.55. The van der Waals surface area contributed by atoms with Gasteiger partial charge >= 0.3 is 0 Å². The van der Waals surface area contributed by atoms with Crippen molar-refractivity contribution in [2.45, 2.75) is 53.1 Å². The highest BCUT2D eigenvalue weighted by Gasteiger charge is 2.03. The van der Waals surface area contributed by atoms with Gasteiger partial charge in [-0.2, -0.15) is 5.10 Å². The summed E-state index contributed by atoms with van der Waals surface area (Å²) in [7, 11) is 1.80. The van der Waals surface area contributed by atoms with Crippen LogP contribution in [0.25, 0.3) is 0 Å². The Morgan fingerprint density at radius 1 is 1.45 bits per heavy atom. The zero-order valence-corrected chi connectivity index (χ0v) is 15.6. The summed E-state index contributed by atoms with van der Waals surface area (Å²) < 4.78 is 2.06. The van der Waals surface area contributed by atoms with Crippen molar-refractivity contribution < 1.29 is 0 Å². The van der Waals surface area contributed by atoms with Crippen LogP contribution in [-0.4, -0.2) is 35.4 Å². The van der Waals surface area contributed by atoms with Crippen LogP contribution in [0.15, 0.2) is 11.1 Å². The Labute approximate surface area is 139 Å². The molecule has 0 aliphatic heterocycles. The minimum Gasteiger partial charge on any atom is -0.356 e. The predicted molar refractivity (Wildman–Crippen MR) is 96.0 cm³/mol. The van der Waals surface area contributed by atoms with E-state index in [0.717, 1.165) is 37.6 Å². The molecule has 1 atom stereocenters. The Morgan fingerprint density at radius 3 is 2.65 bits per heavy atom. The number of nitrogens with zero attached hydrogens (tertiary/aromatic N) is 3. The molecule has 1 aromatic heterocycles. The van der Waals surface area contributed by atoms with Crippen LogP contribution in [0.1, 0.15) is 38.1 Å². The lowest BCUT2D eigenvalue weighted by atomic mass is 10.3. The molecule has 0 amide bonds. The SMILES string of the molecule is CCC(C)NC(=NC)NCCCn1nc(C)cc1C.I. The fraction of sp³-hybridized carbons (Fsp3) is 0.714. The molecule has 0 saturated carbocycles. The van der Waals surface area contributed by atoms with Crippen molar-refractivity contribution in [2.75, 3.05) is 13.6 Å². The van der Waals surface area contributed by atoms with Crippen LogP contribution in [0.2, 0.25) is 0 Å². The second kappa shape index (κ2) is 10.0. The van der Waals surface area contributed by atoms with Gasteiger partial charge in [-0.3, -0.25) is 9.67 Å². The lowest BCUT2D eigenvalue weighted by Gasteiger charge is -2.16. The molecule has 1 rings (SSSR count). The van der Waals surface area contributed by atoms with Gasteiger partial charge in [0.1, 0.15) is 0 Å². The van der Waals surface area contributed by atoms with Crippen LogP contribution in [0, 0.1) is 13.8 Å². The third-order valence-electron chi connectivity index (χ3n) is 3.16. The quantitative estimate of drug-likeness (QED) is 0.338. The largest absolute Gasteiger partial charge is 0.356 e. The van der Waals surface area contributed by atoms with Gasteiger partial charge in [0, 0.05) is 31.9 Å². The van der Waals surface area contributed by atoms with Gasteiger partial charge in [0.05, 0.1) is 5.69 Å². The number of aliphatic imine (C=N–C) groups is 1. The minimum absolute atomic E-state index is 0. The van der Waals surface area contributed by atoms with Crippen LogP contribution in [0.5, 0.6) is 0 Å². The molecule has 1 unspecified atom stereocenters. The van der Waals surface area contributed by atoms with Crippen molar-refractivity contribution in [3.05, 3.63) is 17.5 Å². The number of hydrogen-bond acceptors (Lipinski definition) is 2. The van der Waals surface area contributed by atoms with Gasteiger partial charge in [-0.1, -0.05) is 6.92 Å². The van der Waals surface area contributed by atoms with Gasteiger partial charge in [0.25, 0.3) is 0 Å². The Kier molecular flexibility index (Phi) is 9.62. The minimum atomic E-state index is 0. The topological polar surface area (TPSA) is 54.2 Å². The van der Waals surface area contributed by atoms with E-state index in [1.807, 2.05) is 6.92 Å². The van der Waals surface area contributed by atoms with Crippen LogP contribution in [0.3, 0.4) is 0 Å². The second-order valence-corrected chi connectivity index (χ2v) is 4.96. The van der Waals surface area contributed by atoms with Crippen LogP contribution in [-0.2, 0) is 6.54 Å². The molecule has 116 valence electrons. The van der Waals surface area contributed by atoms with Crippen LogP contribution in [0.4, 0.5) is 0 Å². The highest BCUT2D eigenvalue weighted by Crippen LogP contribution is 2.02. The molecule has 0 spiro atoms. The first-order valence-electron chi connectivity index (χ1n) is 7.05. The summed E-state index contributed by atoms with van der Waals surface area (Å²) in [6.45, 7) is 10.3. The van der Waals surface area contributed by atoms with Gasteiger partial charge < -0.3 is 10.6 Å². The van der Waals surface area contributed by atoms with Gasteiger partial charge in [-0.25, -0.2) is 0 Å². The van der Waals surface area contributed by atoms with E-state index in [1.54, 1.807) is 7.05 Å². The number of guanidine groups is 1. The van der Waals surface area contributed by atoms with Crippen molar-refractivity contribution in [1.82, 2.24) is 20.4 Å². The van der Waals surface area contributed by atoms with Crippen molar-refractivity contribution in [3.63, 3.8) is 0 Å². The molecular weight excluding hydrogens is 365 g/mol. The molecule has 20 heavy (non-hydrogen) atoms.